The lowest BCUT2D eigenvalue weighted by Crippen LogP contribution is -2.35. The van der Waals surface area contributed by atoms with Gasteiger partial charge in [0, 0.05) is 17.6 Å². The lowest BCUT2D eigenvalue weighted by atomic mass is 10.1. The average molecular weight is 467 g/mol. The fourth-order valence-corrected chi connectivity index (χ4v) is 3.45. The van der Waals surface area contributed by atoms with Crippen molar-refractivity contribution in [2.75, 3.05) is 0 Å². The Hall–Kier alpha value is -3.65. The lowest BCUT2D eigenvalue weighted by molar-refractivity contribution is -0.129. The van der Waals surface area contributed by atoms with E-state index in [2.05, 4.69) is 15.4 Å². The van der Waals surface area contributed by atoms with Crippen LogP contribution in [-0.2, 0) is 16.1 Å². The summed E-state index contributed by atoms with van der Waals surface area (Å²) in [6.07, 6.45) is 2.11. The number of aromatic nitrogens is 3. The van der Waals surface area contributed by atoms with Crippen molar-refractivity contribution < 1.29 is 18.7 Å². The van der Waals surface area contributed by atoms with Gasteiger partial charge in [-0.25, -0.2) is 14.5 Å². The molecule has 33 heavy (non-hydrogen) atoms. The zero-order valence-electron chi connectivity index (χ0n) is 18.4. The maximum absolute atomic E-state index is 13.1. The lowest BCUT2D eigenvalue weighted by Gasteiger charge is -2.14. The van der Waals surface area contributed by atoms with Crippen molar-refractivity contribution >= 4 is 34.5 Å². The molecule has 8 nitrogen and oxygen atoms in total. The van der Waals surface area contributed by atoms with Gasteiger partial charge in [-0.2, -0.15) is 5.10 Å². The number of hydrogen-bond acceptors (Lipinski definition) is 6. The largest absolute Gasteiger partial charge is 0.463 e. The molecule has 4 aromatic rings. The quantitative estimate of drug-likeness (QED) is 0.393. The molecule has 0 bridgehead atoms. The van der Waals surface area contributed by atoms with Crippen molar-refractivity contribution in [1.82, 2.24) is 20.1 Å². The van der Waals surface area contributed by atoms with E-state index >= 15 is 0 Å². The number of nitrogens with zero attached hydrogens (tertiary/aromatic N) is 3. The molecule has 1 atom stereocenters. The number of pyridine rings is 1. The number of hydrogen-bond donors (Lipinski definition) is 1. The Balaban J connectivity index is 1.55. The fraction of sp³-hybridized carbons (Fsp3) is 0.250. The Morgan fingerprint density at radius 2 is 1.94 bits per heavy atom. The molecular weight excluding hydrogens is 444 g/mol. The molecule has 0 saturated carbocycles. The van der Waals surface area contributed by atoms with Gasteiger partial charge in [0.1, 0.15) is 5.69 Å². The number of esters is 1. The van der Waals surface area contributed by atoms with Gasteiger partial charge >= 0.3 is 5.97 Å². The van der Waals surface area contributed by atoms with Crippen LogP contribution in [0.1, 0.15) is 42.7 Å². The minimum atomic E-state index is -1.000. The standard InChI is InChI=1S/C24H23ClN4O4/c1-14(2)29-22-19(13-27-29)18(11-20(28-22)21-5-4-10-32-21)24(31)33-15(3)23(30)26-12-16-6-8-17(25)9-7-16/h4-11,13-15H,12H2,1-3H3,(H,26,30). The van der Waals surface area contributed by atoms with Gasteiger partial charge < -0.3 is 14.5 Å². The van der Waals surface area contributed by atoms with Crippen LogP contribution in [0.4, 0.5) is 0 Å². The van der Waals surface area contributed by atoms with Crippen LogP contribution in [0.3, 0.4) is 0 Å². The molecule has 1 unspecified atom stereocenters. The first-order valence-electron chi connectivity index (χ1n) is 10.5. The number of nitrogens with one attached hydrogen (secondary N) is 1. The van der Waals surface area contributed by atoms with Gasteiger partial charge in [0.25, 0.3) is 5.91 Å². The normalized spacial score (nSPS) is 12.2. The van der Waals surface area contributed by atoms with Gasteiger partial charge in [-0.05, 0) is 56.7 Å². The molecule has 3 aromatic heterocycles. The first kappa shape index (κ1) is 22.5. The highest BCUT2D eigenvalue weighted by Gasteiger charge is 2.24. The molecule has 0 aliphatic rings. The summed E-state index contributed by atoms with van der Waals surface area (Å²) in [5.41, 5.74) is 2.15. The minimum Gasteiger partial charge on any atom is -0.463 e. The topological polar surface area (TPSA) is 99.2 Å². The summed E-state index contributed by atoms with van der Waals surface area (Å²) in [7, 11) is 0. The van der Waals surface area contributed by atoms with Gasteiger partial charge in [0.05, 0.1) is 23.4 Å². The monoisotopic (exact) mass is 466 g/mol. The Labute approximate surface area is 195 Å². The van der Waals surface area contributed by atoms with E-state index in [1.807, 2.05) is 26.0 Å². The molecule has 0 saturated heterocycles. The van der Waals surface area contributed by atoms with Crippen LogP contribution < -0.4 is 5.32 Å². The molecule has 1 amide bonds. The molecule has 0 aliphatic heterocycles. The molecular formula is C24H23ClN4O4. The van der Waals surface area contributed by atoms with Gasteiger partial charge in [-0.15, -0.1) is 0 Å². The van der Waals surface area contributed by atoms with Crippen molar-refractivity contribution in [2.24, 2.45) is 0 Å². The van der Waals surface area contributed by atoms with Gasteiger partial charge in [-0.1, -0.05) is 23.7 Å². The second-order valence-corrected chi connectivity index (χ2v) is 8.28. The van der Waals surface area contributed by atoms with E-state index in [9.17, 15) is 9.59 Å². The Morgan fingerprint density at radius 3 is 2.61 bits per heavy atom. The summed E-state index contributed by atoms with van der Waals surface area (Å²) in [5, 5.41) is 8.29. The number of halogens is 1. The summed E-state index contributed by atoms with van der Waals surface area (Å²) < 4.78 is 12.7. The Kier molecular flexibility index (Phi) is 6.46. The first-order valence-corrected chi connectivity index (χ1v) is 10.9. The second kappa shape index (κ2) is 9.46. The highest BCUT2D eigenvalue weighted by molar-refractivity contribution is 6.30. The van der Waals surface area contributed by atoms with Crippen LogP contribution in [0.5, 0.6) is 0 Å². The van der Waals surface area contributed by atoms with E-state index in [-0.39, 0.29) is 11.6 Å². The highest BCUT2D eigenvalue weighted by atomic mass is 35.5. The summed E-state index contributed by atoms with van der Waals surface area (Å²) in [5.74, 6) is -0.545. The smallest absolute Gasteiger partial charge is 0.339 e. The third-order valence-electron chi connectivity index (χ3n) is 5.08. The minimum absolute atomic E-state index is 0.0308. The molecule has 170 valence electrons. The number of benzene rings is 1. The van der Waals surface area contributed by atoms with E-state index in [0.717, 1.165) is 5.56 Å². The van der Waals surface area contributed by atoms with Crippen LogP contribution >= 0.6 is 11.6 Å². The maximum atomic E-state index is 13.1. The van der Waals surface area contributed by atoms with Crippen molar-refractivity contribution in [1.29, 1.82) is 0 Å². The maximum Gasteiger partial charge on any atom is 0.339 e. The molecule has 0 spiro atoms. The SMILES string of the molecule is CC(OC(=O)c1cc(-c2ccco2)nc2c1cnn2C(C)C)C(=O)NCc1ccc(Cl)cc1. The third kappa shape index (κ3) is 4.90. The van der Waals surface area contributed by atoms with Gasteiger partial charge in [0.2, 0.25) is 0 Å². The molecule has 0 radical (unpaired) electrons. The molecule has 9 heteroatoms. The van der Waals surface area contributed by atoms with Gasteiger partial charge in [-0.3, -0.25) is 4.79 Å². The van der Waals surface area contributed by atoms with Crippen molar-refractivity contribution in [3.8, 4) is 11.5 Å². The summed E-state index contributed by atoms with van der Waals surface area (Å²) >= 11 is 5.88. The number of ether oxygens (including phenoxy) is 1. The number of amides is 1. The zero-order valence-corrected chi connectivity index (χ0v) is 19.2. The molecule has 4 rings (SSSR count). The van der Waals surface area contributed by atoms with E-state index in [1.165, 1.54) is 13.2 Å². The second-order valence-electron chi connectivity index (χ2n) is 7.84. The highest BCUT2D eigenvalue weighted by Crippen LogP contribution is 2.27. The molecule has 0 aliphatic carbocycles. The van der Waals surface area contributed by atoms with E-state index < -0.39 is 18.0 Å². The van der Waals surface area contributed by atoms with Crippen LogP contribution in [0.2, 0.25) is 5.02 Å². The number of carbonyl (C=O) groups excluding carboxylic acids is 2. The van der Waals surface area contributed by atoms with Crippen LogP contribution in [0, 0.1) is 0 Å². The predicted molar refractivity (Wildman–Crippen MR) is 124 cm³/mol. The van der Waals surface area contributed by atoms with Gasteiger partial charge in [0.15, 0.2) is 17.5 Å². The number of carbonyl (C=O) groups is 2. The summed E-state index contributed by atoms with van der Waals surface area (Å²) in [4.78, 5) is 30.2. The Bertz CT molecular complexity index is 1280. The summed E-state index contributed by atoms with van der Waals surface area (Å²) in [6.45, 7) is 5.76. The van der Waals surface area contributed by atoms with E-state index in [4.69, 9.17) is 20.8 Å². The predicted octanol–water partition coefficient (Wildman–Crippen LogP) is 4.79. The number of furan rings is 1. The Morgan fingerprint density at radius 1 is 1.18 bits per heavy atom. The third-order valence-corrected chi connectivity index (χ3v) is 5.33. The summed E-state index contributed by atoms with van der Waals surface area (Å²) in [6, 6.07) is 12.2. The molecule has 3 heterocycles. The van der Waals surface area contributed by atoms with Crippen molar-refractivity contribution in [3.05, 3.63) is 71.1 Å². The molecule has 0 fully saturated rings. The first-order chi connectivity index (χ1) is 15.8. The zero-order chi connectivity index (χ0) is 23.5. The van der Waals surface area contributed by atoms with E-state index in [0.29, 0.717) is 34.1 Å². The average Bonchev–Trinajstić information content (AvgIpc) is 3.47. The van der Waals surface area contributed by atoms with Crippen LogP contribution in [0.25, 0.3) is 22.5 Å². The number of rotatable bonds is 7. The van der Waals surface area contributed by atoms with Crippen LogP contribution in [0.15, 0.2) is 59.3 Å². The fourth-order valence-electron chi connectivity index (χ4n) is 3.33. The molecule has 1 aromatic carbocycles. The van der Waals surface area contributed by atoms with E-state index in [1.54, 1.807) is 41.2 Å². The molecule has 1 N–H and O–H groups in total. The van der Waals surface area contributed by atoms with Crippen molar-refractivity contribution in [2.45, 2.75) is 39.5 Å². The van der Waals surface area contributed by atoms with Crippen molar-refractivity contribution in [3.63, 3.8) is 0 Å². The van der Waals surface area contributed by atoms with Crippen LogP contribution in [-0.4, -0.2) is 32.7 Å². The number of fused-ring (bicyclic) bond motifs is 1.